The van der Waals surface area contributed by atoms with Crippen molar-refractivity contribution in [3.63, 3.8) is 0 Å². The van der Waals surface area contributed by atoms with Gasteiger partial charge < -0.3 is 9.84 Å². The number of phenols is 1. The van der Waals surface area contributed by atoms with Gasteiger partial charge in [0.25, 0.3) is 0 Å². The summed E-state index contributed by atoms with van der Waals surface area (Å²) in [6.45, 7) is 2.07. The molecule has 3 nitrogen and oxygen atoms in total. The van der Waals surface area contributed by atoms with Gasteiger partial charge in [-0.15, -0.1) is 0 Å². The predicted octanol–water partition coefficient (Wildman–Crippen LogP) is 3.46. The number of carbonyl (C=O) groups is 1. The van der Waals surface area contributed by atoms with Crippen LogP contribution in [0.1, 0.15) is 16.7 Å². The van der Waals surface area contributed by atoms with Crippen molar-refractivity contribution >= 4 is 12.0 Å². The Morgan fingerprint density at radius 1 is 1.20 bits per heavy atom. The monoisotopic (exact) mass is 268 g/mol. The van der Waals surface area contributed by atoms with Crippen LogP contribution in [0.2, 0.25) is 0 Å². The molecule has 20 heavy (non-hydrogen) atoms. The van der Waals surface area contributed by atoms with Crippen LogP contribution in [0.15, 0.2) is 54.6 Å². The Morgan fingerprint density at radius 2 is 1.95 bits per heavy atom. The average Bonchev–Trinajstić information content (AvgIpc) is 2.47. The van der Waals surface area contributed by atoms with Gasteiger partial charge >= 0.3 is 5.97 Å². The molecule has 0 saturated carbocycles. The van der Waals surface area contributed by atoms with Gasteiger partial charge in [-0.2, -0.15) is 0 Å². The van der Waals surface area contributed by atoms with Gasteiger partial charge in [0.1, 0.15) is 12.4 Å². The number of aryl methyl sites for hydroxylation is 1. The van der Waals surface area contributed by atoms with Gasteiger partial charge in [0.2, 0.25) is 0 Å². The lowest BCUT2D eigenvalue weighted by Gasteiger charge is -2.02. The van der Waals surface area contributed by atoms with Crippen molar-refractivity contribution in [2.45, 2.75) is 13.5 Å². The van der Waals surface area contributed by atoms with E-state index in [1.807, 2.05) is 43.3 Å². The Morgan fingerprint density at radius 3 is 2.65 bits per heavy atom. The smallest absolute Gasteiger partial charge is 0.331 e. The molecule has 0 aromatic heterocycles. The van der Waals surface area contributed by atoms with Gasteiger partial charge in [0.05, 0.1) is 0 Å². The molecule has 0 heterocycles. The molecule has 0 atom stereocenters. The summed E-state index contributed by atoms with van der Waals surface area (Å²) in [6, 6.07) is 14.7. The lowest BCUT2D eigenvalue weighted by molar-refractivity contribution is -0.138. The summed E-state index contributed by atoms with van der Waals surface area (Å²) in [6.07, 6.45) is 2.97. The summed E-state index contributed by atoms with van der Waals surface area (Å²) in [7, 11) is 0. The minimum atomic E-state index is -0.408. The van der Waals surface area contributed by atoms with Crippen LogP contribution in [-0.4, -0.2) is 11.1 Å². The Labute approximate surface area is 118 Å². The van der Waals surface area contributed by atoms with Gasteiger partial charge in [-0.25, -0.2) is 4.79 Å². The van der Waals surface area contributed by atoms with Gasteiger partial charge in [-0.3, -0.25) is 0 Å². The lowest BCUT2D eigenvalue weighted by Crippen LogP contribution is -2.00. The summed E-state index contributed by atoms with van der Waals surface area (Å²) in [5, 5.41) is 9.57. The Hall–Kier alpha value is -2.55. The third-order valence-electron chi connectivity index (χ3n) is 2.87. The third kappa shape index (κ3) is 3.99. The SMILES string of the molecule is Cc1ccc(/C=C/C(=O)OCc2ccccc2)cc1O. The van der Waals surface area contributed by atoms with Crippen molar-refractivity contribution in [2.24, 2.45) is 0 Å². The largest absolute Gasteiger partial charge is 0.508 e. The molecular formula is C17H16O3. The van der Waals surface area contributed by atoms with Crippen molar-refractivity contribution in [3.05, 3.63) is 71.3 Å². The first-order valence-electron chi connectivity index (χ1n) is 6.33. The molecule has 2 aromatic carbocycles. The van der Waals surface area contributed by atoms with Gasteiger partial charge in [-0.05, 0) is 35.8 Å². The molecule has 0 bridgehead atoms. The van der Waals surface area contributed by atoms with Crippen LogP contribution in [0.3, 0.4) is 0 Å². The van der Waals surface area contributed by atoms with Crippen molar-refractivity contribution in [2.75, 3.05) is 0 Å². The first-order chi connectivity index (χ1) is 9.65. The van der Waals surface area contributed by atoms with E-state index < -0.39 is 5.97 Å². The molecule has 0 saturated heterocycles. The standard InChI is InChI=1S/C17H16O3/c1-13-7-8-14(11-16(13)18)9-10-17(19)20-12-15-5-3-2-4-6-15/h2-11,18H,12H2,1H3/b10-9+. The molecule has 0 aliphatic rings. The molecule has 1 N–H and O–H groups in total. The minimum Gasteiger partial charge on any atom is -0.508 e. The molecule has 0 spiro atoms. The molecule has 3 heteroatoms. The van der Waals surface area contributed by atoms with E-state index >= 15 is 0 Å². The van der Waals surface area contributed by atoms with Crippen LogP contribution in [0, 0.1) is 6.92 Å². The molecule has 0 unspecified atom stereocenters. The average molecular weight is 268 g/mol. The van der Waals surface area contributed by atoms with E-state index in [1.54, 1.807) is 18.2 Å². The number of ether oxygens (including phenoxy) is 1. The highest BCUT2D eigenvalue weighted by Gasteiger charge is 1.99. The first-order valence-corrected chi connectivity index (χ1v) is 6.33. The molecule has 0 fully saturated rings. The topological polar surface area (TPSA) is 46.5 Å². The second-order valence-corrected chi connectivity index (χ2v) is 4.47. The van der Waals surface area contributed by atoms with Crippen LogP contribution < -0.4 is 0 Å². The Bertz CT molecular complexity index is 615. The normalized spacial score (nSPS) is 10.7. The maximum Gasteiger partial charge on any atom is 0.331 e. The quantitative estimate of drug-likeness (QED) is 0.682. The van der Waals surface area contributed by atoms with E-state index in [4.69, 9.17) is 4.74 Å². The second-order valence-electron chi connectivity index (χ2n) is 4.47. The molecular weight excluding hydrogens is 252 g/mol. The molecule has 0 aliphatic carbocycles. The molecule has 102 valence electrons. The second kappa shape index (κ2) is 6.57. The van der Waals surface area contributed by atoms with E-state index in [-0.39, 0.29) is 12.4 Å². The lowest BCUT2D eigenvalue weighted by atomic mass is 10.1. The fourth-order valence-electron chi connectivity index (χ4n) is 1.67. The van der Waals surface area contributed by atoms with Crippen molar-refractivity contribution in [1.82, 2.24) is 0 Å². The predicted molar refractivity (Wildman–Crippen MR) is 78.1 cm³/mol. The van der Waals surface area contributed by atoms with Crippen molar-refractivity contribution in [3.8, 4) is 5.75 Å². The third-order valence-corrected chi connectivity index (χ3v) is 2.87. The zero-order valence-corrected chi connectivity index (χ0v) is 11.2. The van der Waals surface area contributed by atoms with Gasteiger partial charge in [-0.1, -0.05) is 42.5 Å². The van der Waals surface area contributed by atoms with E-state index in [0.717, 1.165) is 16.7 Å². The van der Waals surface area contributed by atoms with Gasteiger partial charge in [0, 0.05) is 6.08 Å². The summed E-state index contributed by atoms with van der Waals surface area (Å²) >= 11 is 0. The number of esters is 1. The Balaban J connectivity index is 1.90. The number of phenolic OH excluding ortho intramolecular Hbond substituents is 1. The van der Waals surface area contributed by atoms with Crippen LogP contribution in [-0.2, 0) is 16.1 Å². The summed E-state index contributed by atoms with van der Waals surface area (Å²) in [5.41, 5.74) is 2.50. The Kier molecular flexibility index (Phi) is 4.56. The van der Waals surface area contributed by atoms with Crippen molar-refractivity contribution in [1.29, 1.82) is 0 Å². The number of carbonyl (C=O) groups excluding carboxylic acids is 1. The summed E-state index contributed by atoms with van der Waals surface area (Å²) in [4.78, 5) is 11.6. The van der Waals surface area contributed by atoms with Crippen LogP contribution in [0.4, 0.5) is 0 Å². The van der Waals surface area contributed by atoms with E-state index in [0.29, 0.717) is 0 Å². The van der Waals surface area contributed by atoms with Crippen LogP contribution >= 0.6 is 0 Å². The number of hydrogen-bond acceptors (Lipinski definition) is 3. The number of benzene rings is 2. The van der Waals surface area contributed by atoms with Crippen molar-refractivity contribution < 1.29 is 14.6 Å². The fourth-order valence-corrected chi connectivity index (χ4v) is 1.67. The molecule has 0 radical (unpaired) electrons. The highest BCUT2D eigenvalue weighted by atomic mass is 16.5. The summed E-state index contributed by atoms with van der Waals surface area (Å²) in [5.74, 6) is -0.196. The number of rotatable bonds is 4. The molecule has 2 aromatic rings. The maximum atomic E-state index is 11.6. The van der Waals surface area contributed by atoms with E-state index in [9.17, 15) is 9.90 Å². The highest BCUT2D eigenvalue weighted by Crippen LogP contribution is 2.18. The minimum absolute atomic E-state index is 0.213. The molecule has 2 rings (SSSR count). The molecule has 0 amide bonds. The molecule has 0 aliphatic heterocycles. The van der Waals surface area contributed by atoms with Gasteiger partial charge in [0.15, 0.2) is 0 Å². The first kappa shape index (κ1) is 13.9. The summed E-state index contributed by atoms with van der Waals surface area (Å²) < 4.78 is 5.12. The number of hydrogen-bond donors (Lipinski definition) is 1. The maximum absolute atomic E-state index is 11.6. The fraction of sp³-hybridized carbons (Fsp3) is 0.118. The zero-order valence-electron chi connectivity index (χ0n) is 11.2. The zero-order chi connectivity index (χ0) is 14.4. The number of aromatic hydroxyl groups is 1. The van der Waals surface area contributed by atoms with Crippen LogP contribution in [0.5, 0.6) is 5.75 Å². The highest BCUT2D eigenvalue weighted by molar-refractivity contribution is 5.87. The van der Waals surface area contributed by atoms with E-state index in [1.165, 1.54) is 6.08 Å². The van der Waals surface area contributed by atoms with E-state index in [2.05, 4.69) is 0 Å². The van der Waals surface area contributed by atoms with Crippen LogP contribution in [0.25, 0.3) is 6.08 Å².